The highest BCUT2D eigenvalue weighted by Crippen LogP contribution is 2.08. The summed E-state index contributed by atoms with van der Waals surface area (Å²) in [6, 6.07) is 11.2. The summed E-state index contributed by atoms with van der Waals surface area (Å²) in [4.78, 5) is 8.51. The Morgan fingerprint density at radius 1 is 1.20 bits per heavy atom. The van der Waals surface area contributed by atoms with Crippen LogP contribution in [0.25, 0.3) is 0 Å². The minimum atomic E-state index is 0.478. The molecule has 2 rings (SSSR count). The molecular weight excluding hydrogens is 246 g/mol. The minimum Gasteiger partial charge on any atom is -0.309 e. The van der Waals surface area contributed by atoms with E-state index in [-0.39, 0.29) is 0 Å². The van der Waals surface area contributed by atoms with E-state index in [1.165, 1.54) is 11.1 Å². The van der Waals surface area contributed by atoms with Gasteiger partial charge < -0.3 is 5.32 Å². The van der Waals surface area contributed by atoms with Crippen LogP contribution in [-0.4, -0.2) is 16.0 Å². The molecule has 0 aliphatic rings. The molecule has 3 heteroatoms. The van der Waals surface area contributed by atoms with Gasteiger partial charge in [-0.15, -0.1) is 0 Å². The average Bonchev–Trinajstić information content (AvgIpc) is 2.43. The van der Waals surface area contributed by atoms with Gasteiger partial charge in [0.15, 0.2) is 0 Å². The lowest BCUT2D eigenvalue weighted by atomic mass is 10.0. The van der Waals surface area contributed by atoms with Crippen molar-refractivity contribution in [1.82, 2.24) is 15.3 Å². The molecule has 1 unspecified atom stereocenters. The van der Waals surface area contributed by atoms with Crippen LogP contribution in [0.1, 0.15) is 36.0 Å². The van der Waals surface area contributed by atoms with Gasteiger partial charge in [-0.1, -0.05) is 29.8 Å². The molecule has 0 fully saturated rings. The monoisotopic (exact) mass is 269 g/mol. The van der Waals surface area contributed by atoms with E-state index in [0.717, 1.165) is 30.9 Å². The van der Waals surface area contributed by atoms with Crippen LogP contribution >= 0.6 is 0 Å². The first kappa shape index (κ1) is 14.7. The Hall–Kier alpha value is -1.74. The van der Waals surface area contributed by atoms with Crippen molar-refractivity contribution in [2.45, 2.75) is 46.2 Å². The molecule has 2 aromatic rings. The zero-order valence-electron chi connectivity index (χ0n) is 12.6. The average molecular weight is 269 g/mol. The molecule has 1 aromatic heterocycles. The first-order valence-electron chi connectivity index (χ1n) is 7.21. The minimum absolute atomic E-state index is 0.478. The van der Waals surface area contributed by atoms with E-state index < -0.39 is 0 Å². The van der Waals surface area contributed by atoms with Gasteiger partial charge in [-0.25, -0.2) is 9.97 Å². The summed E-state index contributed by atoms with van der Waals surface area (Å²) in [5, 5.41) is 3.52. The maximum Gasteiger partial charge on any atom is 0.125 e. The molecule has 3 nitrogen and oxygen atoms in total. The molecule has 0 bridgehead atoms. The predicted octanol–water partition coefficient (Wildman–Crippen LogP) is 3.20. The van der Waals surface area contributed by atoms with Crippen molar-refractivity contribution in [2.24, 2.45) is 0 Å². The van der Waals surface area contributed by atoms with Crippen LogP contribution < -0.4 is 5.32 Å². The lowest BCUT2D eigenvalue weighted by Crippen LogP contribution is -2.26. The number of rotatable bonds is 6. The first-order valence-corrected chi connectivity index (χ1v) is 7.21. The van der Waals surface area contributed by atoms with Gasteiger partial charge in [-0.2, -0.15) is 0 Å². The van der Waals surface area contributed by atoms with Crippen LogP contribution in [0.5, 0.6) is 0 Å². The van der Waals surface area contributed by atoms with Gasteiger partial charge in [0.1, 0.15) is 5.82 Å². The highest BCUT2D eigenvalue weighted by atomic mass is 14.9. The van der Waals surface area contributed by atoms with E-state index in [1.54, 1.807) is 0 Å². The molecule has 0 amide bonds. The zero-order valence-corrected chi connectivity index (χ0v) is 12.6. The predicted molar refractivity (Wildman–Crippen MR) is 82.6 cm³/mol. The number of hydrogen-bond acceptors (Lipinski definition) is 3. The molecule has 0 saturated carbocycles. The fraction of sp³-hybridized carbons (Fsp3) is 0.412. The maximum absolute atomic E-state index is 4.40. The van der Waals surface area contributed by atoms with Crippen LogP contribution in [-0.2, 0) is 13.0 Å². The molecule has 0 saturated heterocycles. The zero-order chi connectivity index (χ0) is 14.4. The Bertz CT molecular complexity index is 502. The van der Waals surface area contributed by atoms with E-state index in [0.29, 0.717) is 6.04 Å². The fourth-order valence-corrected chi connectivity index (χ4v) is 2.24. The van der Waals surface area contributed by atoms with E-state index in [2.05, 4.69) is 53.4 Å². The molecule has 0 spiro atoms. The molecule has 0 aliphatic heterocycles. The standard InChI is InChI=1S/C17H23N3/c1-13-5-4-6-16(11-13)8-7-14(2)19-12-17-9-10-18-15(3)20-17/h4-6,9-11,14,19H,7-8,12H2,1-3H3. The van der Waals surface area contributed by atoms with Gasteiger partial charge in [0, 0.05) is 18.8 Å². The summed E-state index contributed by atoms with van der Waals surface area (Å²) in [7, 11) is 0. The maximum atomic E-state index is 4.40. The Balaban J connectivity index is 1.77. The second-order valence-electron chi connectivity index (χ2n) is 5.40. The summed E-state index contributed by atoms with van der Waals surface area (Å²) in [6.07, 6.45) is 4.06. The van der Waals surface area contributed by atoms with Gasteiger partial charge >= 0.3 is 0 Å². The topological polar surface area (TPSA) is 37.8 Å². The van der Waals surface area contributed by atoms with Crippen molar-refractivity contribution in [3.05, 3.63) is 59.2 Å². The first-order chi connectivity index (χ1) is 9.63. The number of nitrogens with one attached hydrogen (secondary N) is 1. The summed E-state index contributed by atoms with van der Waals surface area (Å²) < 4.78 is 0. The van der Waals surface area contributed by atoms with Crippen LogP contribution in [0.4, 0.5) is 0 Å². The number of aromatic nitrogens is 2. The number of aryl methyl sites for hydroxylation is 3. The van der Waals surface area contributed by atoms with E-state index in [9.17, 15) is 0 Å². The van der Waals surface area contributed by atoms with Crippen molar-refractivity contribution in [2.75, 3.05) is 0 Å². The van der Waals surface area contributed by atoms with Crippen molar-refractivity contribution in [1.29, 1.82) is 0 Å². The molecule has 1 aromatic carbocycles. The van der Waals surface area contributed by atoms with Crippen LogP contribution in [0.2, 0.25) is 0 Å². The van der Waals surface area contributed by atoms with Gasteiger partial charge in [0.2, 0.25) is 0 Å². The molecule has 106 valence electrons. The smallest absolute Gasteiger partial charge is 0.125 e. The Morgan fingerprint density at radius 2 is 2.05 bits per heavy atom. The quantitative estimate of drug-likeness (QED) is 0.875. The Kier molecular flexibility index (Phi) is 5.24. The summed E-state index contributed by atoms with van der Waals surface area (Å²) >= 11 is 0. The second kappa shape index (κ2) is 7.15. The Labute approximate surface area is 121 Å². The van der Waals surface area contributed by atoms with Crippen molar-refractivity contribution in [3.8, 4) is 0 Å². The normalized spacial score (nSPS) is 12.3. The highest BCUT2D eigenvalue weighted by molar-refractivity contribution is 5.22. The van der Waals surface area contributed by atoms with Crippen LogP contribution in [0.15, 0.2) is 36.5 Å². The summed E-state index contributed by atoms with van der Waals surface area (Å²) in [6.45, 7) is 7.09. The van der Waals surface area contributed by atoms with E-state index >= 15 is 0 Å². The van der Waals surface area contributed by atoms with Gasteiger partial charge in [-0.3, -0.25) is 0 Å². The van der Waals surface area contributed by atoms with Gasteiger partial charge in [0.05, 0.1) is 5.69 Å². The van der Waals surface area contributed by atoms with Crippen molar-refractivity contribution < 1.29 is 0 Å². The fourth-order valence-electron chi connectivity index (χ4n) is 2.24. The third-order valence-corrected chi connectivity index (χ3v) is 3.41. The van der Waals surface area contributed by atoms with Crippen molar-refractivity contribution in [3.63, 3.8) is 0 Å². The van der Waals surface area contributed by atoms with Crippen LogP contribution in [0, 0.1) is 13.8 Å². The van der Waals surface area contributed by atoms with Gasteiger partial charge in [-0.05, 0) is 45.2 Å². The third-order valence-electron chi connectivity index (χ3n) is 3.41. The SMILES string of the molecule is Cc1cccc(CCC(C)NCc2ccnc(C)n2)c1. The number of hydrogen-bond donors (Lipinski definition) is 1. The van der Waals surface area contributed by atoms with E-state index in [1.807, 2.05) is 19.2 Å². The molecule has 1 atom stereocenters. The lowest BCUT2D eigenvalue weighted by Gasteiger charge is -2.13. The molecule has 1 heterocycles. The summed E-state index contributed by atoms with van der Waals surface area (Å²) in [5.74, 6) is 0.830. The van der Waals surface area contributed by atoms with Crippen molar-refractivity contribution >= 4 is 0 Å². The van der Waals surface area contributed by atoms with Gasteiger partial charge in [0.25, 0.3) is 0 Å². The number of nitrogens with zero attached hydrogens (tertiary/aromatic N) is 2. The summed E-state index contributed by atoms with van der Waals surface area (Å²) in [5.41, 5.74) is 3.80. The number of benzene rings is 1. The molecular formula is C17H23N3. The molecule has 1 N–H and O–H groups in total. The third kappa shape index (κ3) is 4.74. The second-order valence-corrected chi connectivity index (χ2v) is 5.40. The lowest BCUT2D eigenvalue weighted by molar-refractivity contribution is 0.509. The largest absolute Gasteiger partial charge is 0.309 e. The highest BCUT2D eigenvalue weighted by Gasteiger charge is 2.03. The Morgan fingerprint density at radius 3 is 2.80 bits per heavy atom. The molecule has 20 heavy (non-hydrogen) atoms. The van der Waals surface area contributed by atoms with Crippen LogP contribution in [0.3, 0.4) is 0 Å². The molecule has 0 aliphatic carbocycles. The van der Waals surface area contributed by atoms with E-state index in [4.69, 9.17) is 0 Å². The molecule has 0 radical (unpaired) electrons.